The number of amides is 1. The zero-order chi connectivity index (χ0) is 17.5. The Balaban J connectivity index is 1.57. The summed E-state index contributed by atoms with van der Waals surface area (Å²) < 4.78 is 0. The highest BCUT2D eigenvalue weighted by atomic mass is 16.2. The highest BCUT2D eigenvalue weighted by Gasteiger charge is 2.20. The van der Waals surface area contributed by atoms with E-state index in [2.05, 4.69) is 25.1 Å². The smallest absolute Gasteiger partial charge is 0.255 e. The molecule has 1 aliphatic rings. The molecule has 4 aromatic rings. The van der Waals surface area contributed by atoms with Gasteiger partial charge in [-0.3, -0.25) is 9.89 Å². The second-order valence-corrected chi connectivity index (χ2v) is 6.65. The number of carbonyl (C=O) groups is 1. The van der Waals surface area contributed by atoms with Crippen LogP contribution in [-0.2, 0) is 0 Å². The first kappa shape index (κ1) is 15.1. The number of aromatic amines is 2. The summed E-state index contributed by atoms with van der Waals surface area (Å²) in [5, 5.41) is 8.10. The minimum Gasteiger partial charge on any atom is -0.339 e. The van der Waals surface area contributed by atoms with Crippen LogP contribution < -0.4 is 0 Å². The summed E-state index contributed by atoms with van der Waals surface area (Å²) in [4.78, 5) is 27.0. The quantitative estimate of drug-likeness (QED) is 0.583. The van der Waals surface area contributed by atoms with Crippen LogP contribution >= 0.6 is 0 Å². The van der Waals surface area contributed by atoms with Crippen LogP contribution in [0.5, 0.6) is 0 Å². The van der Waals surface area contributed by atoms with Gasteiger partial charge < -0.3 is 9.88 Å². The van der Waals surface area contributed by atoms with Gasteiger partial charge in [-0.2, -0.15) is 5.10 Å². The van der Waals surface area contributed by atoms with Gasteiger partial charge >= 0.3 is 0 Å². The SMILES string of the molecule is O=C(c1cnc2[nH]nc(-c3nc4ccccc4[nH]3)c2c1)N1CCCCC1. The minimum atomic E-state index is 0.0378. The summed E-state index contributed by atoms with van der Waals surface area (Å²) in [6.07, 6.45) is 4.95. The van der Waals surface area contributed by atoms with Crippen molar-refractivity contribution in [2.24, 2.45) is 0 Å². The number of pyridine rings is 1. The molecule has 0 saturated carbocycles. The van der Waals surface area contributed by atoms with Crippen LogP contribution in [0.3, 0.4) is 0 Å². The second kappa shape index (κ2) is 5.94. The maximum atomic E-state index is 12.8. The number of hydrogen-bond acceptors (Lipinski definition) is 4. The molecule has 7 nitrogen and oxygen atoms in total. The normalized spacial score (nSPS) is 15.0. The summed E-state index contributed by atoms with van der Waals surface area (Å²) in [5.74, 6) is 0.706. The molecule has 3 aromatic heterocycles. The Morgan fingerprint density at radius 3 is 2.81 bits per heavy atom. The van der Waals surface area contributed by atoms with E-state index < -0.39 is 0 Å². The molecule has 1 amide bonds. The van der Waals surface area contributed by atoms with Crippen LogP contribution in [0.2, 0.25) is 0 Å². The van der Waals surface area contributed by atoms with Gasteiger partial charge in [0, 0.05) is 19.3 Å². The molecule has 4 heterocycles. The van der Waals surface area contributed by atoms with Gasteiger partial charge in [0.05, 0.1) is 22.0 Å². The Labute approximate surface area is 149 Å². The number of H-pyrrole nitrogens is 2. The summed E-state index contributed by atoms with van der Waals surface area (Å²) in [7, 11) is 0. The molecule has 1 aliphatic heterocycles. The number of piperidine rings is 1. The van der Waals surface area contributed by atoms with Gasteiger partial charge in [0.25, 0.3) is 5.91 Å². The van der Waals surface area contributed by atoms with Gasteiger partial charge in [-0.15, -0.1) is 0 Å². The molecule has 5 rings (SSSR count). The Hall–Kier alpha value is -3.22. The lowest BCUT2D eigenvalue weighted by Gasteiger charge is -2.26. The summed E-state index contributed by atoms with van der Waals surface area (Å²) >= 11 is 0. The molecular formula is C19H18N6O. The number of fused-ring (bicyclic) bond motifs is 2. The van der Waals surface area contributed by atoms with Crippen molar-refractivity contribution in [2.45, 2.75) is 19.3 Å². The Morgan fingerprint density at radius 1 is 1.12 bits per heavy atom. The van der Waals surface area contributed by atoms with Crippen LogP contribution in [0.1, 0.15) is 29.6 Å². The lowest BCUT2D eigenvalue weighted by atomic mass is 10.1. The maximum Gasteiger partial charge on any atom is 0.255 e. The lowest BCUT2D eigenvalue weighted by molar-refractivity contribution is 0.0724. The Morgan fingerprint density at radius 2 is 1.96 bits per heavy atom. The number of rotatable bonds is 2. The molecule has 0 unspecified atom stereocenters. The standard InChI is InChI=1S/C19H18N6O/c26-19(25-8-4-1-5-9-25)12-10-13-16(23-24-17(13)20-11-12)18-21-14-6-2-3-7-15(14)22-18/h2-3,6-7,10-11H,1,4-5,8-9H2,(H,21,22)(H,20,23,24). The van der Waals surface area contributed by atoms with Crippen LogP contribution in [0, 0.1) is 0 Å². The third-order valence-corrected chi connectivity index (χ3v) is 4.92. The number of carbonyl (C=O) groups excluding carboxylic acids is 1. The van der Waals surface area contributed by atoms with Crippen LogP contribution in [-0.4, -0.2) is 49.0 Å². The zero-order valence-electron chi connectivity index (χ0n) is 14.2. The van der Waals surface area contributed by atoms with E-state index in [1.54, 1.807) is 6.20 Å². The van der Waals surface area contributed by atoms with Gasteiger partial charge in [-0.1, -0.05) is 12.1 Å². The molecule has 26 heavy (non-hydrogen) atoms. The first-order valence-electron chi connectivity index (χ1n) is 8.88. The first-order valence-corrected chi connectivity index (χ1v) is 8.88. The fraction of sp³-hybridized carbons (Fsp3) is 0.263. The van der Waals surface area contributed by atoms with E-state index >= 15 is 0 Å². The van der Waals surface area contributed by atoms with Crippen molar-refractivity contribution in [3.63, 3.8) is 0 Å². The van der Waals surface area contributed by atoms with Gasteiger partial charge in [-0.05, 0) is 37.5 Å². The average molecular weight is 346 g/mol. The van der Waals surface area contributed by atoms with Gasteiger partial charge in [-0.25, -0.2) is 9.97 Å². The number of aromatic nitrogens is 5. The van der Waals surface area contributed by atoms with Crippen LogP contribution in [0.15, 0.2) is 36.5 Å². The molecule has 0 radical (unpaired) electrons. The predicted molar refractivity (Wildman–Crippen MR) is 98.7 cm³/mol. The number of likely N-dealkylation sites (tertiary alicyclic amines) is 1. The fourth-order valence-electron chi connectivity index (χ4n) is 3.55. The highest BCUT2D eigenvalue weighted by Crippen LogP contribution is 2.26. The Kier molecular flexibility index (Phi) is 3.44. The third-order valence-electron chi connectivity index (χ3n) is 4.92. The van der Waals surface area contributed by atoms with E-state index in [0.717, 1.165) is 42.4 Å². The molecule has 7 heteroatoms. The van der Waals surface area contributed by atoms with Crippen molar-refractivity contribution < 1.29 is 4.79 Å². The molecule has 1 saturated heterocycles. The van der Waals surface area contributed by atoms with Crippen molar-refractivity contribution >= 4 is 28.0 Å². The molecule has 0 aliphatic carbocycles. The molecule has 2 N–H and O–H groups in total. The van der Waals surface area contributed by atoms with Gasteiger partial charge in [0.2, 0.25) is 0 Å². The zero-order valence-corrected chi connectivity index (χ0v) is 14.2. The highest BCUT2D eigenvalue weighted by molar-refractivity contribution is 5.99. The molecule has 1 fully saturated rings. The van der Waals surface area contributed by atoms with Crippen molar-refractivity contribution in [1.82, 2.24) is 30.0 Å². The van der Waals surface area contributed by atoms with Crippen molar-refractivity contribution in [3.8, 4) is 11.5 Å². The fourth-order valence-corrected chi connectivity index (χ4v) is 3.55. The average Bonchev–Trinajstić information content (AvgIpc) is 3.31. The predicted octanol–water partition coefficient (Wildman–Crippen LogP) is 3.13. The molecule has 0 bridgehead atoms. The monoisotopic (exact) mass is 346 g/mol. The summed E-state index contributed by atoms with van der Waals surface area (Å²) in [6.45, 7) is 1.64. The van der Waals surface area contributed by atoms with E-state index in [0.29, 0.717) is 22.7 Å². The summed E-state index contributed by atoms with van der Waals surface area (Å²) in [5.41, 5.74) is 3.75. The number of hydrogen-bond donors (Lipinski definition) is 2. The van der Waals surface area contributed by atoms with E-state index in [1.165, 1.54) is 6.42 Å². The van der Waals surface area contributed by atoms with E-state index in [9.17, 15) is 4.79 Å². The van der Waals surface area contributed by atoms with Crippen LogP contribution in [0.25, 0.3) is 33.6 Å². The minimum absolute atomic E-state index is 0.0378. The summed E-state index contributed by atoms with van der Waals surface area (Å²) in [6, 6.07) is 9.71. The van der Waals surface area contributed by atoms with Gasteiger partial charge in [0.1, 0.15) is 5.69 Å². The van der Waals surface area contributed by atoms with Crippen molar-refractivity contribution in [2.75, 3.05) is 13.1 Å². The molecule has 0 spiro atoms. The van der Waals surface area contributed by atoms with Crippen molar-refractivity contribution in [3.05, 3.63) is 42.1 Å². The second-order valence-electron chi connectivity index (χ2n) is 6.65. The Bertz CT molecular complexity index is 1070. The molecule has 1 aromatic carbocycles. The first-order chi connectivity index (χ1) is 12.8. The maximum absolute atomic E-state index is 12.8. The molecule has 130 valence electrons. The molecular weight excluding hydrogens is 328 g/mol. The van der Waals surface area contributed by atoms with E-state index in [-0.39, 0.29) is 5.91 Å². The number of para-hydroxylation sites is 2. The van der Waals surface area contributed by atoms with E-state index in [4.69, 9.17) is 0 Å². The number of nitrogens with one attached hydrogen (secondary N) is 2. The largest absolute Gasteiger partial charge is 0.339 e. The van der Waals surface area contributed by atoms with Gasteiger partial charge in [0.15, 0.2) is 11.5 Å². The van der Waals surface area contributed by atoms with Crippen LogP contribution in [0.4, 0.5) is 0 Å². The number of nitrogens with zero attached hydrogens (tertiary/aromatic N) is 4. The van der Waals surface area contributed by atoms with E-state index in [1.807, 2.05) is 35.2 Å². The third kappa shape index (κ3) is 2.44. The number of imidazole rings is 1. The topological polar surface area (TPSA) is 90.6 Å². The molecule has 0 atom stereocenters. The number of benzene rings is 1. The van der Waals surface area contributed by atoms with Crippen molar-refractivity contribution in [1.29, 1.82) is 0 Å². The lowest BCUT2D eigenvalue weighted by Crippen LogP contribution is -2.35.